The summed E-state index contributed by atoms with van der Waals surface area (Å²) in [6.07, 6.45) is 1.68. The summed E-state index contributed by atoms with van der Waals surface area (Å²) in [6.45, 7) is 0. The number of hydrogen-bond donors (Lipinski definition) is 0. The van der Waals surface area contributed by atoms with E-state index in [1.807, 2.05) is 53.6 Å². The molecule has 4 rings (SSSR count). The topological polar surface area (TPSA) is 38.8 Å². The number of ether oxygens (including phenoxy) is 1. The molecule has 4 nitrogen and oxygen atoms in total. The van der Waals surface area contributed by atoms with Gasteiger partial charge in [-0.15, -0.1) is 0 Å². The highest BCUT2D eigenvalue weighted by molar-refractivity contribution is 5.72. The van der Waals surface area contributed by atoms with E-state index in [2.05, 4.69) is 12.1 Å². The Hall–Kier alpha value is -2.33. The quantitative estimate of drug-likeness (QED) is 0.793. The molecule has 2 aliphatic heterocycles. The Balaban J connectivity index is 1.72. The molecule has 0 amide bonds. The summed E-state index contributed by atoms with van der Waals surface area (Å²) in [5.41, 5.74) is 2.13. The van der Waals surface area contributed by atoms with Gasteiger partial charge in [-0.1, -0.05) is 48.5 Å². The van der Waals surface area contributed by atoms with Gasteiger partial charge in [-0.2, -0.15) is 0 Å². The van der Waals surface area contributed by atoms with E-state index in [1.165, 1.54) is 0 Å². The Morgan fingerprint density at radius 1 is 1.00 bits per heavy atom. The summed E-state index contributed by atoms with van der Waals surface area (Å²) in [5, 5.41) is 1.88. The maximum Gasteiger partial charge on any atom is 0.308 e. The molecule has 0 radical (unpaired) electrons. The summed E-state index contributed by atoms with van der Waals surface area (Å²) in [7, 11) is 0. The van der Waals surface area contributed by atoms with Gasteiger partial charge < -0.3 is 4.74 Å². The molecular weight excluding hydrogens is 278 g/mol. The van der Waals surface area contributed by atoms with Gasteiger partial charge in [0.05, 0.1) is 18.2 Å². The smallest absolute Gasteiger partial charge is 0.308 e. The van der Waals surface area contributed by atoms with E-state index in [9.17, 15) is 4.79 Å². The Labute approximate surface area is 129 Å². The summed E-state index contributed by atoms with van der Waals surface area (Å²) >= 11 is 0. The van der Waals surface area contributed by atoms with Crippen LogP contribution in [0, 0.1) is 0 Å². The largest absolute Gasteiger partial charge is 0.431 e. The van der Waals surface area contributed by atoms with Gasteiger partial charge >= 0.3 is 5.97 Å². The van der Waals surface area contributed by atoms with E-state index >= 15 is 0 Å². The Morgan fingerprint density at radius 3 is 2.32 bits per heavy atom. The molecule has 0 N–H and O–H groups in total. The van der Waals surface area contributed by atoms with Crippen LogP contribution in [0.3, 0.4) is 0 Å². The Morgan fingerprint density at radius 2 is 1.68 bits per heavy atom. The second kappa shape index (κ2) is 5.14. The molecule has 22 heavy (non-hydrogen) atoms. The molecular formula is C18H17NO3. The van der Waals surface area contributed by atoms with Gasteiger partial charge in [-0.3, -0.25) is 4.79 Å². The highest BCUT2D eigenvalue weighted by atomic mass is 16.8. The summed E-state index contributed by atoms with van der Waals surface area (Å²) < 4.78 is 5.51. The minimum absolute atomic E-state index is 0.0366. The third-order valence-electron chi connectivity index (χ3n) is 4.26. The average Bonchev–Trinajstić information content (AvgIpc) is 3.12. The molecule has 0 aliphatic carbocycles. The number of nitrogens with zero attached hydrogens (tertiary/aromatic N) is 1. The second-order valence-electron chi connectivity index (χ2n) is 5.77. The molecule has 0 bridgehead atoms. The van der Waals surface area contributed by atoms with Crippen molar-refractivity contribution in [3.8, 4) is 0 Å². The second-order valence-corrected chi connectivity index (χ2v) is 5.77. The van der Waals surface area contributed by atoms with E-state index in [0.29, 0.717) is 19.3 Å². The van der Waals surface area contributed by atoms with Gasteiger partial charge in [0.15, 0.2) is 0 Å². The first-order chi connectivity index (χ1) is 10.8. The van der Waals surface area contributed by atoms with Crippen LogP contribution in [-0.4, -0.2) is 11.8 Å². The third-order valence-corrected chi connectivity index (χ3v) is 4.26. The first-order valence-electron chi connectivity index (χ1n) is 7.56. The average molecular weight is 295 g/mol. The summed E-state index contributed by atoms with van der Waals surface area (Å²) in [4.78, 5) is 17.7. The predicted molar refractivity (Wildman–Crippen MR) is 81.9 cm³/mol. The number of hydrogen-bond acceptors (Lipinski definition) is 4. The highest BCUT2D eigenvalue weighted by Gasteiger charge is 2.52. The van der Waals surface area contributed by atoms with Crippen molar-refractivity contribution in [2.75, 3.05) is 5.06 Å². The molecule has 2 aromatic rings. The van der Waals surface area contributed by atoms with Gasteiger partial charge in [0.25, 0.3) is 0 Å². The molecule has 0 saturated carbocycles. The lowest BCUT2D eigenvalue weighted by Gasteiger charge is -2.25. The van der Waals surface area contributed by atoms with Gasteiger partial charge in [-0.25, -0.2) is 9.90 Å². The molecule has 1 spiro atoms. The lowest BCUT2D eigenvalue weighted by Crippen LogP contribution is -2.30. The normalized spacial score (nSPS) is 27.4. The SMILES string of the molecule is O=C1CC[C@@]2(C[C@@H](c3ccccc3)N(c3ccccc3)O2)O1. The Bertz CT molecular complexity index is 624. The molecule has 0 unspecified atom stereocenters. The lowest BCUT2D eigenvalue weighted by molar-refractivity contribution is -0.196. The number of carbonyl (C=O) groups excluding carboxylic acids is 1. The molecule has 2 aromatic carbocycles. The maximum atomic E-state index is 11.6. The van der Waals surface area contributed by atoms with Gasteiger partial charge in [0, 0.05) is 12.8 Å². The van der Waals surface area contributed by atoms with Crippen LogP contribution in [0.2, 0.25) is 0 Å². The molecule has 2 saturated heterocycles. The zero-order chi connectivity index (χ0) is 15.0. The molecule has 2 heterocycles. The monoisotopic (exact) mass is 295 g/mol. The van der Waals surface area contributed by atoms with E-state index in [-0.39, 0.29) is 12.0 Å². The fourth-order valence-corrected chi connectivity index (χ4v) is 3.20. The fourth-order valence-electron chi connectivity index (χ4n) is 3.20. The van der Waals surface area contributed by atoms with Crippen LogP contribution in [0.1, 0.15) is 30.9 Å². The fraction of sp³-hybridized carbons (Fsp3) is 0.278. The molecule has 2 atom stereocenters. The van der Waals surface area contributed by atoms with Crippen LogP contribution in [0.5, 0.6) is 0 Å². The maximum absolute atomic E-state index is 11.6. The van der Waals surface area contributed by atoms with Crippen molar-refractivity contribution >= 4 is 11.7 Å². The summed E-state index contributed by atoms with van der Waals surface area (Å²) in [5.74, 6) is -0.991. The van der Waals surface area contributed by atoms with Crippen molar-refractivity contribution in [3.63, 3.8) is 0 Å². The molecule has 2 fully saturated rings. The molecule has 112 valence electrons. The number of para-hydroxylation sites is 1. The third kappa shape index (κ3) is 2.25. The standard InChI is InChI=1S/C18H17NO3/c20-17-11-12-18(21-17)13-16(14-7-3-1-4-8-14)19(22-18)15-9-5-2-6-10-15/h1-10,16H,11-13H2/t16-,18+/m0/s1. The number of hydroxylamine groups is 1. The number of benzene rings is 2. The Kier molecular flexibility index (Phi) is 3.12. The van der Waals surface area contributed by atoms with Crippen LogP contribution in [0.15, 0.2) is 60.7 Å². The van der Waals surface area contributed by atoms with E-state index < -0.39 is 5.79 Å². The van der Waals surface area contributed by atoms with Crippen LogP contribution < -0.4 is 5.06 Å². The van der Waals surface area contributed by atoms with Crippen LogP contribution >= 0.6 is 0 Å². The number of carbonyl (C=O) groups is 1. The van der Waals surface area contributed by atoms with Crippen LogP contribution in [0.4, 0.5) is 5.69 Å². The van der Waals surface area contributed by atoms with E-state index in [4.69, 9.17) is 9.57 Å². The molecule has 4 heteroatoms. The number of esters is 1. The summed E-state index contributed by atoms with van der Waals surface area (Å²) in [6, 6.07) is 20.2. The predicted octanol–water partition coefficient (Wildman–Crippen LogP) is 3.60. The minimum atomic E-state index is -0.812. The van der Waals surface area contributed by atoms with Crippen molar-refractivity contribution in [2.24, 2.45) is 0 Å². The molecule has 2 aliphatic rings. The number of rotatable bonds is 2. The first-order valence-corrected chi connectivity index (χ1v) is 7.56. The minimum Gasteiger partial charge on any atom is -0.431 e. The van der Waals surface area contributed by atoms with Crippen molar-refractivity contribution < 1.29 is 14.4 Å². The van der Waals surface area contributed by atoms with E-state index in [1.54, 1.807) is 0 Å². The van der Waals surface area contributed by atoms with Crippen molar-refractivity contribution in [1.29, 1.82) is 0 Å². The van der Waals surface area contributed by atoms with Crippen molar-refractivity contribution in [3.05, 3.63) is 66.2 Å². The lowest BCUT2D eigenvalue weighted by atomic mass is 9.98. The van der Waals surface area contributed by atoms with E-state index in [0.717, 1.165) is 11.3 Å². The van der Waals surface area contributed by atoms with Crippen LogP contribution in [-0.2, 0) is 14.4 Å². The van der Waals surface area contributed by atoms with Gasteiger partial charge in [-0.05, 0) is 17.7 Å². The van der Waals surface area contributed by atoms with Gasteiger partial charge in [0.2, 0.25) is 5.79 Å². The van der Waals surface area contributed by atoms with Crippen molar-refractivity contribution in [1.82, 2.24) is 0 Å². The van der Waals surface area contributed by atoms with Gasteiger partial charge in [0.1, 0.15) is 0 Å². The van der Waals surface area contributed by atoms with Crippen molar-refractivity contribution in [2.45, 2.75) is 31.1 Å². The first kappa shape index (κ1) is 13.3. The zero-order valence-electron chi connectivity index (χ0n) is 12.1. The highest BCUT2D eigenvalue weighted by Crippen LogP contribution is 2.48. The number of anilines is 1. The van der Waals surface area contributed by atoms with Crippen LogP contribution in [0.25, 0.3) is 0 Å². The molecule has 0 aromatic heterocycles. The zero-order valence-corrected chi connectivity index (χ0v) is 12.1.